The number of carbonyl (C=O) groups is 2. The largest absolute Gasteiger partial charge is 0.443 e. The molecule has 2 amide bonds. The number of hydrogen-bond acceptors (Lipinski definition) is 9. The maximum Gasteiger partial charge on any atom is 0.415 e. The molecule has 0 bridgehead atoms. The van der Waals surface area contributed by atoms with Gasteiger partial charge in [-0.05, 0) is 78.4 Å². The molecular formula is C30H41N7O6. The lowest BCUT2D eigenvalue weighted by molar-refractivity contribution is -0.0324. The van der Waals surface area contributed by atoms with E-state index in [4.69, 9.17) is 9.47 Å². The summed E-state index contributed by atoms with van der Waals surface area (Å²) in [7, 11) is 3.26. The highest BCUT2D eigenvalue weighted by Gasteiger charge is 2.33. The van der Waals surface area contributed by atoms with Gasteiger partial charge in [-0.25, -0.2) is 9.78 Å². The highest BCUT2D eigenvalue weighted by Crippen LogP contribution is 2.36. The van der Waals surface area contributed by atoms with Crippen molar-refractivity contribution in [2.24, 2.45) is 0 Å². The second-order valence-electron chi connectivity index (χ2n) is 12.7. The van der Waals surface area contributed by atoms with Gasteiger partial charge < -0.3 is 29.8 Å². The number of carbonyl (C=O) groups excluding carboxylic acids is 2. The van der Waals surface area contributed by atoms with Crippen LogP contribution in [0.25, 0.3) is 5.65 Å². The van der Waals surface area contributed by atoms with E-state index in [9.17, 15) is 19.5 Å². The Labute approximate surface area is 250 Å². The predicted molar refractivity (Wildman–Crippen MR) is 161 cm³/mol. The monoisotopic (exact) mass is 595 g/mol. The van der Waals surface area contributed by atoms with E-state index in [1.54, 1.807) is 50.8 Å². The van der Waals surface area contributed by atoms with Gasteiger partial charge in [-0.15, -0.1) is 0 Å². The number of ether oxygens (including phenoxy) is 2. The lowest BCUT2D eigenvalue weighted by atomic mass is 9.83. The lowest BCUT2D eigenvalue weighted by Crippen LogP contribution is -2.50. The van der Waals surface area contributed by atoms with Crippen molar-refractivity contribution in [2.45, 2.75) is 95.6 Å². The molecule has 2 aliphatic carbocycles. The van der Waals surface area contributed by atoms with Gasteiger partial charge >= 0.3 is 6.09 Å². The summed E-state index contributed by atoms with van der Waals surface area (Å²) in [6.07, 6.45) is 6.54. The van der Waals surface area contributed by atoms with Crippen molar-refractivity contribution in [3.8, 4) is 0 Å². The van der Waals surface area contributed by atoms with Crippen molar-refractivity contribution in [3.63, 3.8) is 0 Å². The smallest absolute Gasteiger partial charge is 0.415 e. The van der Waals surface area contributed by atoms with Gasteiger partial charge in [0.1, 0.15) is 28.5 Å². The molecule has 3 aromatic heterocycles. The quantitative estimate of drug-likeness (QED) is 0.370. The third-order valence-electron chi connectivity index (χ3n) is 8.40. The Hall–Kier alpha value is -3.97. The molecule has 5 rings (SSSR count). The zero-order valence-electron chi connectivity index (χ0n) is 25.6. The van der Waals surface area contributed by atoms with E-state index in [0.29, 0.717) is 18.5 Å². The maximum atomic E-state index is 13.6. The normalized spacial score (nSPS) is 23.8. The summed E-state index contributed by atoms with van der Waals surface area (Å²) >= 11 is 0. The Morgan fingerprint density at radius 2 is 1.91 bits per heavy atom. The average Bonchev–Trinajstić information content (AvgIpc) is 3.39. The van der Waals surface area contributed by atoms with Gasteiger partial charge in [-0.3, -0.25) is 14.5 Å². The van der Waals surface area contributed by atoms with Crippen LogP contribution in [0.3, 0.4) is 0 Å². The molecule has 0 saturated heterocycles. The van der Waals surface area contributed by atoms with Gasteiger partial charge in [0, 0.05) is 32.5 Å². The summed E-state index contributed by atoms with van der Waals surface area (Å²) in [5.74, 6) is 0.0603. The second kappa shape index (κ2) is 11.6. The Balaban J connectivity index is 1.50. The number of aliphatic hydroxyl groups is 1. The first-order valence-electron chi connectivity index (χ1n) is 14.7. The number of amides is 2. The second-order valence-corrected chi connectivity index (χ2v) is 12.7. The Morgan fingerprint density at radius 3 is 2.51 bits per heavy atom. The molecule has 232 valence electrons. The minimum Gasteiger partial charge on any atom is -0.443 e. The van der Waals surface area contributed by atoms with Gasteiger partial charge in [0.2, 0.25) is 0 Å². The van der Waals surface area contributed by atoms with Crippen LogP contribution in [0.1, 0.15) is 82.6 Å². The van der Waals surface area contributed by atoms with E-state index in [1.165, 1.54) is 22.7 Å². The summed E-state index contributed by atoms with van der Waals surface area (Å²) in [5.41, 5.74) is -0.500. The summed E-state index contributed by atoms with van der Waals surface area (Å²) in [4.78, 5) is 45.7. The van der Waals surface area contributed by atoms with E-state index in [0.717, 1.165) is 25.7 Å². The van der Waals surface area contributed by atoms with Crippen LogP contribution in [0.5, 0.6) is 0 Å². The number of nitrogens with zero attached hydrogens (tertiary/aromatic N) is 5. The third-order valence-corrected chi connectivity index (χ3v) is 8.40. The van der Waals surface area contributed by atoms with E-state index >= 15 is 0 Å². The molecule has 3 N–H and O–H groups in total. The van der Waals surface area contributed by atoms with Crippen LogP contribution < -0.4 is 21.1 Å². The Kier molecular flexibility index (Phi) is 8.23. The predicted octanol–water partition coefficient (Wildman–Crippen LogP) is 3.78. The highest BCUT2D eigenvalue weighted by molar-refractivity contribution is 6.00. The highest BCUT2D eigenvalue weighted by atomic mass is 16.6. The molecule has 13 heteroatoms. The zero-order chi connectivity index (χ0) is 31.1. The van der Waals surface area contributed by atoms with Crippen molar-refractivity contribution in [3.05, 3.63) is 46.5 Å². The van der Waals surface area contributed by atoms with Crippen LogP contribution in [0.4, 0.5) is 22.1 Å². The van der Waals surface area contributed by atoms with Crippen molar-refractivity contribution < 1.29 is 24.2 Å². The number of pyridine rings is 1. The molecule has 0 aromatic carbocycles. The summed E-state index contributed by atoms with van der Waals surface area (Å²) in [6.45, 7) is 7.39. The number of fused-ring (bicyclic) bond motifs is 1. The molecule has 0 spiro atoms. The first-order valence-corrected chi connectivity index (χ1v) is 14.7. The molecule has 13 nitrogen and oxygen atoms in total. The van der Waals surface area contributed by atoms with Gasteiger partial charge in [-0.2, -0.15) is 9.61 Å². The first kappa shape index (κ1) is 30.5. The zero-order valence-corrected chi connectivity index (χ0v) is 25.6. The fourth-order valence-corrected chi connectivity index (χ4v) is 5.46. The summed E-state index contributed by atoms with van der Waals surface area (Å²) in [6, 6.07) is 4.74. The molecular weight excluding hydrogens is 554 g/mol. The van der Waals surface area contributed by atoms with Crippen LogP contribution in [0.2, 0.25) is 0 Å². The van der Waals surface area contributed by atoms with Crippen LogP contribution in [-0.4, -0.2) is 73.8 Å². The van der Waals surface area contributed by atoms with E-state index < -0.39 is 23.7 Å². The van der Waals surface area contributed by atoms with Crippen molar-refractivity contribution in [1.29, 1.82) is 0 Å². The number of aliphatic hydroxyl groups excluding tert-OH is 1. The number of aromatic nitrogens is 4. The first-order chi connectivity index (χ1) is 20.3. The fraction of sp³-hybridized carbons (Fsp3) is 0.567. The molecule has 2 atom stereocenters. The van der Waals surface area contributed by atoms with E-state index in [-0.39, 0.29) is 46.1 Å². The van der Waals surface area contributed by atoms with Gasteiger partial charge in [-0.1, -0.05) is 0 Å². The van der Waals surface area contributed by atoms with Crippen LogP contribution in [0.15, 0.2) is 35.4 Å². The number of methoxy groups -OCH3 is 1. The molecule has 0 radical (unpaired) electrons. The average molecular weight is 596 g/mol. The van der Waals surface area contributed by atoms with Gasteiger partial charge in [0.05, 0.1) is 23.9 Å². The van der Waals surface area contributed by atoms with E-state index in [1.807, 2.05) is 6.07 Å². The van der Waals surface area contributed by atoms with Gasteiger partial charge in [0.15, 0.2) is 5.65 Å². The summed E-state index contributed by atoms with van der Waals surface area (Å²) in [5, 5.41) is 20.3. The Bertz CT molecular complexity index is 1570. The van der Waals surface area contributed by atoms with Crippen LogP contribution in [-0.2, 0) is 9.47 Å². The van der Waals surface area contributed by atoms with Crippen molar-refractivity contribution >= 4 is 35.0 Å². The molecule has 2 saturated carbocycles. The molecule has 3 heterocycles. The molecule has 3 aromatic rings. The summed E-state index contributed by atoms with van der Waals surface area (Å²) < 4.78 is 14.3. The lowest BCUT2D eigenvalue weighted by Gasteiger charge is -2.36. The minimum atomic E-state index is -0.744. The molecule has 0 aliphatic heterocycles. The Morgan fingerprint density at radius 1 is 1.19 bits per heavy atom. The molecule has 2 unspecified atom stereocenters. The van der Waals surface area contributed by atoms with E-state index in [2.05, 4.69) is 27.6 Å². The van der Waals surface area contributed by atoms with Crippen LogP contribution >= 0.6 is 0 Å². The third kappa shape index (κ3) is 6.37. The topological polar surface area (TPSA) is 152 Å². The fourth-order valence-electron chi connectivity index (χ4n) is 5.46. The molecule has 2 aliphatic rings. The number of anilines is 3. The molecule has 2 fully saturated rings. The number of nitrogens with one attached hydrogen (secondary N) is 2. The maximum absolute atomic E-state index is 13.6. The minimum absolute atomic E-state index is 0.0359. The molecule has 43 heavy (non-hydrogen) atoms. The van der Waals surface area contributed by atoms with Crippen LogP contribution in [0, 0.1) is 0 Å². The van der Waals surface area contributed by atoms with Crippen molar-refractivity contribution in [2.75, 3.05) is 24.4 Å². The standard InChI is InChI=1S/C30H41N7O6/c1-29(2,3)43-28(41)35(5)24-16-23(34-25-19(17-31-37(24)25)26(39)33-20-9-10-22(20)38)32-21-8-7-15-36(27(21)40)18-11-13-30(4,42-6)14-12-18/h7-8,15-18,20,22,38H,9-14H2,1-6H3,(H,32,34)(H,33,39). The number of rotatable bonds is 7. The SMILES string of the molecule is COC1(C)CCC(n2cccc(Nc3cc(N(C)C(=O)OC(C)(C)C)n4ncc(C(=O)NC5CCC5O)c4n3)c2=O)CC1. The van der Waals surface area contributed by atoms with Crippen molar-refractivity contribution in [1.82, 2.24) is 24.5 Å². The number of hydrogen-bond donors (Lipinski definition) is 3. The van der Waals surface area contributed by atoms with Gasteiger partial charge in [0.25, 0.3) is 11.5 Å².